The molecule has 0 radical (unpaired) electrons. The Morgan fingerprint density at radius 2 is 1.95 bits per heavy atom. The van der Waals surface area contributed by atoms with E-state index in [0.29, 0.717) is 18.6 Å². The molecule has 0 saturated heterocycles. The van der Waals surface area contributed by atoms with Gasteiger partial charge in [-0.3, -0.25) is 9.59 Å². The van der Waals surface area contributed by atoms with E-state index in [2.05, 4.69) is 5.32 Å². The first-order valence-electron chi connectivity index (χ1n) is 5.97. The van der Waals surface area contributed by atoms with Crippen LogP contribution >= 0.6 is 11.8 Å². The highest BCUT2D eigenvalue weighted by Gasteiger charge is 2.03. The second-order valence-corrected chi connectivity index (χ2v) is 5.09. The number of benzene rings is 1. The zero-order valence-electron chi connectivity index (χ0n) is 10.6. The van der Waals surface area contributed by atoms with Gasteiger partial charge in [-0.15, -0.1) is 0 Å². The van der Waals surface area contributed by atoms with Crippen molar-refractivity contribution in [2.24, 2.45) is 5.73 Å². The molecular formula is C13H18N2O3S. The second kappa shape index (κ2) is 8.55. The molecular weight excluding hydrogens is 264 g/mol. The summed E-state index contributed by atoms with van der Waals surface area (Å²) in [5.41, 5.74) is 6.75. The van der Waals surface area contributed by atoms with E-state index in [-0.39, 0.29) is 24.2 Å². The molecule has 1 aromatic carbocycles. The molecule has 1 aromatic rings. The Morgan fingerprint density at radius 1 is 1.26 bits per heavy atom. The Kier molecular flexibility index (Phi) is 6.99. The van der Waals surface area contributed by atoms with E-state index in [4.69, 9.17) is 10.8 Å². The Balaban J connectivity index is 2.29. The predicted molar refractivity (Wildman–Crippen MR) is 77.0 cm³/mol. The van der Waals surface area contributed by atoms with E-state index in [0.717, 1.165) is 11.3 Å². The number of carbonyl (C=O) groups excluding carboxylic acids is 2. The summed E-state index contributed by atoms with van der Waals surface area (Å²) in [4.78, 5) is 22.1. The van der Waals surface area contributed by atoms with Crippen molar-refractivity contribution in [1.29, 1.82) is 0 Å². The van der Waals surface area contributed by atoms with E-state index in [9.17, 15) is 9.59 Å². The number of rotatable bonds is 8. The number of carbonyl (C=O) groups is 2. The van der Waals surface area contributed by atoms with Gasteiger partial charge in [0, 0.05) is 24.5 Å². The van der Waals surface area contributed by atoms with Crippen LogP contribution in [0.25, 0.3) is 0 Å². The Bertz CT molecular complexity index is 420. The summed E-state index contributed by atoms with van der Waals surface area (Å²) in [6.45, 7) is 0.114. The van der Waals surface area contributed by atoms with Gasteiger partial charge in [0.15, 0.2) is 0 Å². The molecule has 0 fully saturated rings. The van der Waals surface area contributed by atoms with Crippen LogP contribution in [-0.2, 0) is 16.0 Å². The maximum Gasteiger partial charge on any atom is 0.227 e. The molecule has 5 nitrogen and oxygen atoms in total. The first-order chi connectivity index (χ1) is 9.11. The summed E-state index contributed by atoms with van der Waals surface area (Å²) in [6, 6.07) is 7.35. The fourth-order valence-electron chi connectivity index (χ4n) is 1.44. The number of amides is 2. The molecule has 0 aliphatic rings. The van der Waals surface area contributed by atoms with Crippen LogP contribution in [-0.4, -0.2) is 35.0 Å². The summed E-state index contributed by atoms with van der Waals surface area (Å²) in [6.07, 6.45) is 0.953. The number of hydrogen-bond donors (Lipinski definition) is 3. The van der Waals surface area contributed by atoms with E-state index < -0.39 is 0 Å². The Morgan fingerprint density at radius 3 is 2.53 bits per heavy atom. The van der Waals surface area contributed by atoms with Gasteiger partial charge in [-0.2, -0.15) is 11.8 Å². The summed E-state index contributed by atoms with van der Waals surface area (Å²) in [7, 11) is 0. The number of aliphatic hydroxyl groups is 1. The lowest BCUT2D eigenvalue weighted by Gasteiger charge is -2.06. The van der Waals surface area contributed by atoms with Gasteiger partial charge in [0.1, 0.15) is 0 Å². The first kappa shape index (κ1) is 15.5. The summed E-state index contributed by atoms with van der Waals surface area (Å²) >= 11 is 1.35. The minimum Gasteiger partial charge on any atom is -0.396 e. The van der Waals surface area contributed by atoms with Crippen LogP contribution in [0, 0.1) is 0 Å². The molecule has 0 bridgehead atoms. The van der Waals surface area contributed by atoms with Crippen LogP contribution in [0.15, 0.2) is 24.3 Å². The van der Waals surface area contributed by atoms with Crippen molar-refractivity contribution in [2.75, 3.05) is 23.4 Å². The Hall–Kier alpha value is -1.53. The molecule has 19 heavy (non-hydrogen) atoms. The third-order valence-electron chi connectivity index (χ3n) is 2.36. The fraction of sp³-hybridized carbons (Fsp3) is 0.385. The first-order valence-corrected chi connectivity index (χ1v) is 7.13. The van der Waals surface area contributed by atoms with Gasteiger partial charge < -0.3 is 16.2 Å². The maximum absolute atomic E-state index is 11.6. The third-order valence-corrected chi connectivity index (χ3v) is 3.34. The highest BCUT2D eigenvalue weighted by atomic mass is 32.2. The van der Waals surface area contributed by atoms with E-state index in [1.807, 2.05) is 12.1 Å². The molecule has 0 aliphatic carbocycles. The van der Waals surface area contributed by atoms with Crippen molar-refractivity contribution in [1.82, 2.24) is 0 Å². The lowest BCUT2D eigenvalue weighted by molar-refractivity contribution is -0.116. The monoisotopic (exact) mass is 282 g/mol. The molecule has 0 spiro atoms. The van der Waals surface area contributed by atoms with Gasteiger partial charge >= 0.3 is 0 Å². The van der Waals surface area contributed by atoms with E-state index in [1.54, 1.807) is 12.1 Å². The zero-order valence-corrected chi connectivity index (χ0v) is 11.4. The SMILES string of the molecule is NC(=O)CSCCC(=O)Nc1ccc(CCO)cc1. The molecule has 1 rings (SSSR count). The van der Waals surface area contributed by atoms with Crippen molar-refractivity contribution in [3.05, 3.63) is 29.8 Å². The molecule has 0 saturated carbocycles. The molecule has 2 amide bonds. The number of primary amides is 1. The summed E-state index contributed by atoms with van der Waals surface area (Å²) in [5.74, 6) is 0.345. The van der Waals surface area contributed by atoms with Crippen LogP contribution < -0.4 is 11.1 Å². The number of aliphatic hydroxyl groups excluding tert-OH is 1. The van der Waals surface area contributed by atoms with Crippen LogP contribution in [0.3, 0.4) is 0 Å². The largest absolute Gasteiger partial charge is 0.396 e. The van der Waals surface area contributed by atoms with E-state index in [1.165, 1.54) is 11.8 Å². The van der Waals surface area contributed by atoms with Crippen LogP contribution in [0.1, 0.15) is 12.0 Å². The third kappa shape index (κ3) is 6.83. The topological polar surface area (TPSA) is 92.4 Å². The molecule has 104 valence electrons. The average molecular weight is 282 g/mol. The maximum atomic E-state index is 11.6. The molecule has 0 atom stereocenters. The fourth-order valence-corrected chi connectivity index (χ4v) is 2.12. The van der Waals surface area contributed by atoms with Gasteiger partial charge in [-0.1, -0.05) is 12.1 Å². The molecule has 0 heterocycles. The zero-order chi connectivity index (χ0) is 14.1. The minimum atomic E-state index is -0.370. The predicted octanol–water partition coefficient (Wildman–Crippen LogP) is 0.768. The van der Waals surface area contributed by atoms with Gasteiger partial charge in [-0.25, -0.2) is 0 Å². The number of nitrogens with two attached hydrogens (primary N) is 1. The van der Waals surface area contributed by atoms with Crippen LogP contribution in [0.5, 0.6) is 0 Å². The molecule has 0 aromatic heterocycles. The minimum absolute atomic E-state index is 0.0909. The van der Waals surface area contributed by atoms with Crippen molar-refractivity contribution in [2.45, 2.75) is 12.8 Å². The summed E-state index contributed by atoms with van der Waals surface area (Å²) < 4.78 is 0. The number of hydrogen-bond acceptors (Lipinski definition) is 4. The lowest BCUT2D eigenvalue weighted by Crippen LogP contribution is -2.15. The highest BCUT2D eigenvalue weighted by Crippen LogP contribution is 2.11. The quantitative estimate of drug-likeness (QED) is 0.614. The van der Waals surface area contributed by atoms with Gasteiger partial charge in [0.2, 0.25) is 11.8 Å². The van der Waals surface area contributed by atoms with Gasteiger partial charge in [0.25, 0.3) is 0 Å². The number of nitrogens with one attached hydrogen (secondary N) is 1. The standard InChI is InChI=1S/C13H18N2O3S/c14-12(17)9-19-8-6-13(18)15-11-3-1-10(2-4-11)5-7-16/h1-4,16H,5-9H2,(H2,14,17)(H,15,18). The highest BCUT2D eigenvalue weighted by molar-refractivity contribution is 7.99. The molecule has 0 aliphatic heterocycles. The van der Waals surface area contributed by atoms with Gasteiger partial charge in [-0.05, 0) is 24.1 Å². The number of anilines is 1. The number of thioether (sulfide) groups is 1. The molecule has 0 unspecified atom stereocenters. The van der Waals surface area contributed by atoms with Crippen LogP contribution in [0.4, 0.5) is 5.69 Å². The molecule has 4 N–H and O–H groups in total. The normalized spacial score (nSPS) is 10.2. The van der Waals surface area contributed by atoms with Gasteiger partial charge in [0.05, 0.1) is 5.75 Å². The Labute approximate surface area is 116 Å². The van der Waals surface area contributed by atoms with Crippen molar-refractivity contribution >= 4 is 29.3 Å². The lowest BCUT2D eigenvalue weighted by atomic mass is 10.1. The van der Waals surface area contributed by atoms with E-state index >= 15 is 0 Å². The second-order valence-electron chi connectivity index (χ2n) is 3.99. The summed E-state index contributed by atoms with van der Waals surface area (Å²) in [5, 5.41) is 11.6. The average Bonchev–Trinajstić information content (AvgIpc) is 2.37. The molecule has 6 heteroatoms. The van der Waals surface area contributed by atoms with Crippen LogP contribution in [0.2, 0.25) is 0 Å². The smallest absolute Gasteiger partial charge is 0.227 e. The van der Waals surface area contributed by atoms with Crippen molar-refractivity contribution in [3.63, 3.8) is 0 Å². The van der Waals surface area contributed by atoms with Crippen molar-refractivity contribution in [3.8, 4) is 0 Å². The van der Waals surface area contributed by atoms with Crippen molar-refractivity contribution < 1.29 is 14.7 Å².